The van der Waals surface area contributed by atoms with Gasteiger partial charge in [0.1, 0.15) is 18.1 Å². The summed E-state index contributed by atoms with van der Waals surface area (Å²) < 4.78 is 9.95. The van der Waals surface area contributed by atoms with Gasteiger partial charge in [-0.25, -0.2) is 0 Å². The van der Waals surface area contributed by atoms with Crippen LogP contribution in [-0.4, -0.2) is 49.9 Å². The van der Waals surface area contributed by atoms with Gasteiger partial charge in [-0.3, -0.25) is 14.4 Å². The molecule has 164 valence electrons. The number of halogens is 1. The number of benzene rings is 2. The van der Waals surface area contributed by atoms with E-state index < -0.39 is 5.97 Å². The van der Waals surface area contributed by atoms with E-state index in [1.54, 1.807) is 19.2 Å². The molecule has 1 saturated heterocycles. The Bertz CT molecular complexity index is 926. The number of amides is 1. The number of Topliss-reactive ketones (excluding diaryl/α,β-unsaturated/α-hetero) is 1. The SMILES string of the molecule is COC(=O)CN1C[C@@H](CC(=O)Cc2ccc(Cl)cc2)C(c2ccc(OC)cc2)CC1=O. The molecule has 1 unspecified atom stereocenters. The molecule has 0 saturated carbocycles. The standard InChI is InChI=1S/C24H26ClNO5/c1-30-21-9-5-17(6-10-21)22-13-23(28)26(15-24(29)31-2)14-18(22)12-20(27)11-16-3-7-19(25)8-4-16/h3-10,18,22H,11-15H2,1-2H3/t18-,22?/m1/s1. The zero-order valence-corrected chi connectivity index (χ0v) is 18.4. The van der Waals surface area contributed by atoms with Crippen LogP contribution in [0.3, 0.4) is 0 Å². The maximum Gasteiger partial charge on any atom is 0.325 e. The summed E-state index contributed by atoms with van der Waals surface area (Å²) in [5, 5.41) is 0.625. The highest BCUT2D eigenvalue weighted by molar-refractivity contribution is 6.30. The highest BCUT2D eigenvalue weighted by atomic mass is 35.5. The lowest BCUT2D eigenvalue weighted by atomic mass is 9.77. The third kappa shape index (κ3) is 6.07. The first kappa shape index (κ1) is 22.8. The molecule has 0 radical (unpaired) electrons. The van der Waals surface area contributed by atoms with Crippen LogP contribution < -0.4 is 4.74 Å². The first-order valence-corrected chi connectivity index (χ1v) is 10.5. The number of ether oxygens (including phenoxy) is 2. The van der Waals surface area contributed by atoms with Gasteiger partial charge < -0.3 is 14.4 Å². The quantitative estimate of drug-likeness (QED) is 0.582. The smallest absolute Gasteiger partial charge is 0.325 e. The van der Waals surface area contributed by atoms with Gasteiger partial charge in [0.2, 0.25) is 5.91 Å². The van der Waals surface area contributed by atoms with Crippen molar-refractivity contribution in [2.24, 2.45) is 5.92 Å². The molecule has 1 aliphatic heterocycles. The van der Waals surface area contributed by atoms with Gasteiger partial charge in [0.25, 0.3) is 0 Å². The molecule has 6 nitrogen and oxygen atoms in total. The molecule has 0 bridgehead atoms. The number of methoxy groups -OCH3 is 2. The molecular weight excluding hydrogens is 418 g/mol. The van der Waals surface area contributed by atoms with Gasteiger partial charge >= 0.3 is 5.97 Å². The molecule has 0 N–H and O–H groups in total. The van der Waals surface area contributed by atoms with Crippen molar-refractivity contribution in [2.75, 3.05) is 27.3 Å². The molecule has 1 fully saturated rings. The van der Waals surface area contributed by atoms with E-state index in [0.717, 1.165) is 16.9 Å². The Morgan fingerprint density at radius 2 is 1.74 bits per heavy atom. The first-order valence-electron chi connectivity index (χ1n) is 10.1. The van der Waals surface area contributed by atoms with Crippen LogP contribution >= 0.6 is 11.6 Å². The maximum atomic E-state index is 12.9. The van der Waals surface area contributed by atoms with Crippen molar-refractivity contribution in [2.45, 2.75) is 25.2 Å². The van der Waals surface area contributed by atoms with Gasteiger partial charge in [-0.15, -0.1) is 0 Å². The van der Waals surface area contributed by atoms with E-state index in [2.05, 4.69) is 0 Å². The third-order valence-corrected chi connectivity index (χ3v) is 5.92. The Morgan fingerprint density at radius 1 is 1.06 bits per heavy atom. The van der Waals surface area contributed by atoms with Gasteiger partial charge in [-0.2, -0.15) is 0 Å². The Morgan fingerprint density at radius 3 is 2.35 bits per heavy atom. The van der Waals surface area contributed by atoms with Crippen molar-refractivity contribution in [3.63, 3.8) is 0 Å². The molecule has 1 heterocycles. The molecule has 0 aromatic heterocycles. The average Bonchev–Trinajstić information content (AvgIpc) is 2.77. The molecule has 0 aliphatic carbocycles. The molecule has 2 aromatic rings. The van der Waals surface area contributed by atoms with E-state index in [1.807, 2.05) is 36.4 Å². The summed E-state index contributed by atoms with van der Waals surface area (Å²) in [6, 6.07) is 14.8. The summed E-state index contributed by atoms with van der Waals surface area (Å²) >= 11 is 5.93. The second-order valence-corrected chi connectivity index (χ2v) is 8.18. The van der Waals surface area contributed by atoms with Gasteiger partial charge in [0.15, 0.2) is 0 Å². The summed E-state index contributed by atoms with van der Waals surface area (Å²) in [6.07, 6.45) is 0.848. The average molecular weight is 444 g/mol. The van der Waals surface area contributed by atoms with Crippen LogP contribution in [-0.2, 0) is 25.5 Å². The highest BCUT2D eigenvalue weighted by Crippen LogP contribution is 2.36. The molecule has 3 rings (SSSR count). The lowest BCUT2D eigenvalue weighted by Crippen LogP contribution is -2.46. The van der Waals surface area contributed by atoms with E-state index in [4.69, 9.17) is 21.1 Å². The minimum atomic E-state index is -0.470. The number of hydrogen-bond acceptors (Lipinski definition) is 5. The number of nitrogens with zero attached hydrogens (tertiary/aromatic N) is 1. The van der Waals surface area contributed by atoms with Crippen molar-refractivity contribution in [3.8, 4) is 5.75 Å². The first-order chi connectivity index (χ1) is 14.9. The van der Waals surface area contributed by atoms with E-state index in [9.17, 15) is 14.4 Å². The molecule has 1 aliphatic rings. The van der Waals surface area contributed by atoms with Crippen LogP contribution in [0.5, 0.6) is 5.75 Å². The Labute approximate surface area is 187 Å². The lowest BCUT2D eigenvalue weighted by molar-refractivity contribution is -0.149. The summed E-state index contributed by atoms with van der Waals surface area (Å²) in [6.45, 7) is 0.226. The Kier molecular flexibility index (Phi) is 7.69. The van der Waals surface area contributed by atoms with E-state index >= 15 is 0 Å². The second kappa shape index (κ2) is 10.4. The van der Waals surface area contributed by atoms with Gasteiger partial charge in [0.05, 0.1) is 14.2 Å². The van der Waals surface area contributed by atoms with Crippen LogP contribution in [0, 0.1) is 5.92 Å². The number of piperidine rings is 1. The van der Waals surface area contributed by atoms with Crippen molar-refractivity contribution >= 4 is 29.3 Å². The molecule has 7 heteroatoms. The van der Waals surface area contributed by atoms with Gasteiger partial charge in [-0.1, -0.05) is 35.9 Å². The van der Waals surface area contributed by atoms with Crippen LogP contribution in [0.1, 0.15) is 29.9 Å². The number of ketones is 1. The summed E-state index contributed by atoms with van der Waals surface area (Å²) in [5.74, 6) is 0.0129. The molecule has 31 heavy (non-hydrogen) atoms. The minimum absolute atomic E-state index is 0.0817. The van der Waals surface area contributed by atoms with Crippen LogP contribution in [0.15, 0.2) is 48.5 Å². The Hall–Kier alpha value is -2.86. The number of carbonyl (C=O) groups is 3. The normalized spacial score (nSPS) is 18.5. The molecule has 2 aromatic carbocycles. The number of rotatable bonds is 8. The fourth-order valence-corrected chi connectivity index (χ4v) is 4.14. The predicted octanol–water partition coefficient (Wildman–Crippen LogP) is 3.66. The number of likely N-dealkylation sites (tertiary alicyclic amines) is 1. The summed E-state index contributed by atoms with van der Waals surface area (Å²) in [4.78, 5) is 38.8. The topological polar surface area (TPSA) is 72.9 Å². The summed E-state index contributed by atoms with van der Waals surface area (Å²) in [7, 11) is 2.89. The zero-order chi connectivity index (χ0) is 22.4. The maximum absolute atomic E-state index is 12.9. The van der Waals surface area contributed by atoms with E-state index in [1.165, 1.54) is 12.0 Å². The highest BCUT2D eigenvalue weighted by Gasteiger charge is 2.36. The molecule has 0 spiro atoms. The van der Waals surface area contributed by atoms with Crippen LogP contribution in [0.25, 0.3) is 0 Å². The molecular formula is C24H26ClNO5. The van der Waals surface area contributed by atoms with E-state index in [-0.39, 0.29) is 36.5 Å². The number of hydrogen-bond donors (Lipinski definition) is 0. The van der Waals surface area contributed by atoms with Crippen molar-refractivity contribution < 1.29 is 23.9 Å². The fraction of sp³-hybridized carbons (Fsp3) is 0.375. The summed E-state index contributed by atoms with van der Waals surface area (Å²) in [5.41, 5.74) is 1.88. The Balaban J connectivity index is 1.78. The zero-order valence-electron chi connectivity index (χ0n) is 17.7. The molecule has 1 amide bonds. The van der Waals surface area contributed by atoms with Crippen LogP contribution in [0.2, 0.25) is 5.02 Å². The lowest BCUT2D eigenvalue weighted by Gasteiger charge is -2.38. The minimum Gasteiger partial charge on any atom is -0.497 e. The van der Waals surface area contributed by atoms with E-state index in [0.29, 0.717) is 24.4 Å². The van der Waals surface area contributed by atoms with Gasteiger partial charge in [0, 0.05) is 30.8 Å². The van der Waals surface area contributed by atoms with Crippen molar-refractivity contribution in [1.82, 2.24) is 4.90 Å². The largest absolute Gasteiger partial charge is 0.497 e. The predicted molar refractivity (Wildman–Crippen MR) is 117 cm³/mol. The molecule has 2 atom stereocenters. The van der Waals surface area contributed by atoms with Crippen molar-refractivity contribution in [1.29, 1.82) is 0 Å². The van der Waals surface area contributed by atoms with Gasteiger partial charge in [-0.05, 0) is 47.2 Å². The second-order valence-electron chi connectivity index (χ2n) is 7.74. The monoisotopic (exact) mass is 443 g/mol. The number of carbonyl (C=O) groups excluding carboxylic acids is 3. The van der Waals surface area contributed by atoms with Crippen molar-refractivity contribution in [3.05, 3.63) is 64.7 Å². The fourth-order valence-electron chi connectivity index (χ4n) is 4.01. The third-order valence-electron chi connectivity index (χ3n) is 5.67. The number of esters is 1. The van der Waals surface area contributed by atoms with Crippen LogP contribution in [0.4, 0.5) is 0 Å².